The van der Waals surface area contributed by atoms with Crippen molar-refractivity contribution in [3.63, 3.8) is 0 Å². The van der Waals surface area contributed by atoms with E-state index in [0.717, 1.165) is 62.4 Å². The number of fused-ring (bicyclic) bond motifs is 2. The van der Waals surface area contributed by atoms with E-state index in [1.807, 2.05) is 25.2 Å². The van der Waals surface area contributed by atoms with Crippen LogP contribution >= 0.6 is 0 Å². The number of hydrogen-bond acceptors (Lipinski definition) is 5. The molecule has 2 aromatic heterocycles. The lowest BCUT2D eigenvalue weighted by atomic mass is 9.76. The van der Waals surface area contributed by atoms with Crippen LogP contribution in [0.3, 0.4) is 0 Å². The van der Waals surface area contributed by atoms with Crippen LogP contribution in [0.2, 0.25) is 0 Å². The van der Waals surface area contributed by atoms with Crippen molar-refractivity contribution in [1.29, 1.82) is 0 Å². The summed E-state index contributed by atoms with van der Waals surface area (Å²) in [5, 5.41) is 0. The largest absolute Gasteiger partial charge is 0.348 e. The van der Waals surface area contributed by atoms with E-state index < -0.39 is 0 Å². The van der Waals surface area contributed by atoms with Crippen molar-refractivity contribution in [2.24, 2.45) is 0 Å². The molecular weight excluding hydrogens is 340 g/mol. The summed E-state index contributed by atoms with van der Waals surface area (Å²) in [6.07, 6.45) is 7.98. The molecule has 7 heteroatoms. The molecule has 0 unspecified atom stereocenters. The zero-order valence-corrected chi connectivity index (χ0v) is 16.8. The molecule has 0 amide bonds. The summed E-state index contributed by atoms with van der Waals surface area (Å²) < 4.78 is 2.25. The van der Waals surface area contributed by atoms with E-state index in [9.17, 15) is 4.79 Å². The van der Waals surface area contributed by atoms with E-state index in [4.69, 9.17) is 4.98 Å². The second kappa shape index (κ2) is 6.78. The second-order valence-electron chi connectivity index (χ2n) is 8.51. The van der Waals surface area contributed by atoms with Crippen LogP contribution in [0.25, 0.3) is 0 Å². The van der Waals surface area contributed by atoms with Crippen LogP contribution in [0.15, 0.2) is 17.2 Å². The zero-order valence-electron chi connectivity index (χ0n) is 16.8. The zero-order chi connectivity index (χ0) is 19.2. The first kappa shape index (κ1) is 18.2. The molecular formula is C20H30N6O. The van der Waals surface area contributed by atoms with Gasteiger partial charge in [-0.3, -0.25) is 14.7 Å². The van der Waals surface area contributed by atoms with Crippen LogP contribution in [0.1, 0.15) is 56.2 Å². The molecule has 1 saturated heterocycles. The lowest BCUT2D eigenvalue weighted by Gasteiger charge is -2.39. The molecule has 2 aromatic rings. The highest BCUT2D eigenvalue weighted by atomic mass is 16.1. The van der Waals surface area contributed by atoms with Gasteiger partial charge >= 0.3 is 0 Å². The van der Waals surface area contributed by atoms with E-state index in [1.165, 1.54) is 0 Å². The number of hydrogen-bond donors (Lipinski definition) is 1. The van der Waals surface area contributed by atoms with Gasteiger partial charge in [-0.2, -0.15) is 0 Å². The third-order valence-corrected chi connectivity index (χ3v) is 6.27. The molecule has 2 aliphatic rings. The van der Waals surface area contributed by atoms with Crippen LogP contribution in [0.5, 0.6) is 0 Å². The van der Waals surface area contributed by atoms with Gasteiger partial charge in [0.15, 0.2) is 0 Å². The topological polar surface area (TPSA) is 70.1 Å². The van der Waals surface area contributed by atoms with Crippen LogP contribution < -0.4 is 10.5 Å². The first-order chi connectivity index (χ1) is 12.9. The van der Waals surface area contributed by atoms with Gasteiger partial charge in [-0.05, 0) is 52.6 Å². The Kier molecular flexibility index (Phi) is 4.58. The van der Waals surface area contributed by atoms with E-state index in [0.29, 0.717) is 12.0 Å². The minimum absolute atomic E-state index is 0.0435. The van der Waals surface area contributed by atoms with Gasteiger partial charge < -0.3 is 9.47 Å². The predicted octanol–water partition coefficient (Wildman–Crippen LogP) is 2.09. The molecule has 0 atom stereocenters. The van der Waals surface area contributed by atoms with Gasteiger partial charge in [0, 0.05) is 43.5 Å². The second-order valence-corrected chi connectivity index (χ2v) is 8.51. The molecule has 0 radical (unpaired) electrons. The van der Waals surface area contributed by atoms with E-state index >= 15 is 0 Å². The number of anilines is 1. The van der Waals surface area contributed by atoms with Crippen LogP contribution in [-0.2, 0) is 18.4 Å². The van der Waals surface area contributed by atoms with Crippen molar-refractivity contribution >= 4 is 5.95 Å². The molecule has 7 nitrogen and oxygen atoms in total. The molecule has 1 fully saturated rings. The van der Waals surface area contributed by atoms with Crippen LogP contribution in [-0.4, -0.2) is 51.6 Å². The van der Waals surface area contributed by atoms with Crippen LogP contribution in [0.4, 0.5) is 5.95 Å². The Morgan fingerprint density at radius 2 is 2.00 bits per heavy atom. The van der Waals surface area contributed by atoms with Crippen molar-refractivity contribution in [2.75, 3.05) is 32.1 Å². The number of imidazole rings is 1. The van der Waals surface area contributed by atoms with Gasteiger partial charge in [-0.25, -0.2) is 9.97 Å². The third-order valence-electron chi connectivity index (χ3n) is 6.27. The van der Waals surface area contributed by atoms with E-state index in [1.54, 1.807) is 0 Å². The van der Waals surface area contributed by atoms with Crippen molar-refractivity contribution < 1.29 is 0 Å². The number of aromatic amines is 1. The Hall–Kier alpha value is -2.15. The third kappa shape index (κ3) is 3.18. The van der Waals surface area contributed by atoms with Crippen molar-refractivity contribution in [3.05, 3.63) is 39.8 Å². The lowest BCUT2D eigenvalue weighted by molar-refractivity contribution is 0.145. The quantitative estimate of drug-likeness (QED) is 0.892. The van der Waals surface area contributed by atoms with Crippen LogP contribution in [0, 0.1) is 0 Å². The minimum Gasteiger partial charge on any atom is -0.348 e. The Morgan fingerprint density at radius 1 is 1.26 bits per heavy atom. The highest BCUT2D eigenvalue weighted by Crippen LogP contribution is 2.44. The Morgan fingerprint density at radius 3 is 2.67 bits per heavy atom. The predicted molar refractivity (Wildman–Crippen MR) is 106 cm³/mol. The summed E-state index contributed by atoms with van der Waals surface area (Å²) in [5.41, 5.74) is 2.07. The summed E-state index contributed by atoms with van der Waals surface area (Å²) in [4.78, 5) is 29.2. The summed E-state index contributed by atoms with van der Waals surface area (Å²) in [5.74, 6) is 1.80. The van der Waals surface area contributed by atoms with Gasteiger partial charge in [-0.15, -0.1) is 0 Å². The number of piperidine rings is 1. The first-order valence-electron chi connectivity index (χ1n) is 9.95. The summed E-state index contributed by atoms with van der Waals surface area (Å²) in [7, 11) is 3.84. The number of H-pyrrole nitrogens is 1. The number of likely N-dealkylation sites (tertiary alicyclic amines) is 1. The number of rotatable bonds is 4. The highest BCUT2D eigenvalue weighted by molar-refractivity contribution is 5.39. The maximum Gasteiger partial charge on any atom is 0.255 e. The maximum atomic E-state index is 12.5. The summed E-state index contributed by atoms with van der Waals surface area (Å²) in [6.45, 7) is 7.32. The SMILES string of the molecule is CC(C)n1ccnc1CN1CCC2(CCc3c2nc(N(C)C)[nH]c3=O)CC1. The molecule has 1 aliphatic carbocycles. The molecule has 0 aromatic carbocycles. The number of nitrogens with zero attached hydrogens (tertiary/aromatic N) is 5. The van der Waals surface area contributed by atoms with Gasteiger partial charge in [-0.1, -0.05) is 0 Å². The summed E-state index contributed by atoms with van der Waals surface area (Å²) >= 11 is 0. The first-order valence-corrected chi connectivity index (χ1v) is 9.95. The van der Waals surface area contributed by atoms with Crippen molar-refractivity contribution in [2.45, 2.75) is 57.5 Å². The standard InChI is InChI=1S/C20H30N6O/c1-14(2)26-12-9-21-16(26)13-25-10-7-20(8-11-25)6-5-15-17(20)22-19(24(3)4)23-18(15)27/h9,12,14H,5-8,10-11,13H2,1-4H3,(H,22,23,27). The molecule has 4 rings (SSSR count). The molecule has 0 saturated carbocycles. The van der Waals surface area contributed by atoms with Gasteiger partial charge in [0.25, 0.3) is 5.56 Å². The van der Waals surface area contributed by atoms with Gasteiger partial charge in [0.05, 0.1) is 12.2 Å². The molecule has 27 heavy (non-hydrogen) atoms. The van der Waals surface area contributed by atoms with E-state index in [-0.39, 0.29) is 11.0 Å². The average Bonchev–Trinajstić information content (AvgIpc) is 3.23. The van der Waals surface area contributed by atoms with Crippen molar-refractivity contribution in [1.82, 2.24) is 24.4 Å². The monoisotopic (exact) mass is 370 g/mol. The fourth-order valence-corrected chi connectivity index (χ4v) is 4.61. The maximum absolute atomic E-state index is 12.5. The normalized spacial score (nSPS) is 19.0. The number of aromatic nitrogens is 4. The van der Waals surface area contributed by atoms with E-state index in [2.05, 4.69) is 39.5 Å². The molecule has 3 heterocycles. The molecule has 1 N–H and O–H groups in total. The molecule has 1 aliphatic heterocycles. The van der Waals surface area contributed by atoms with Gasteiger partial charge in [0.2, 0.25) is 5.95 Å². The Labute approximate surface area is 160 Å². The molecule has 0 bridgehead atoms. The highest BCUT2D eigenvalue weighted by Gasteiger charge is 2.44. The molecule has 146 valence electrons. The lowest BCUT2D eigenvalue weighted by Crippen LogP contribution is -2.42. The smallest absolute Gasteiger partial charge is 0.255 e. The Balaban J connectivity index is 1.52. The Bertz CT molecular complexity index is 873. The fourth-order valence-electron chi connectivity index (χ4n) is 4.61. The molecule has 1 spiro atoms. The van der Waals surface area contributed by atoms with Gasteiger partial charge in [0.1, 0.15) is 5.82 Å². The van der Waals surface area contributed by atoms with Crippen molar-refractivity contribution in [3.8, 4) is 0 Å². The average molecular weight is 371 g/mol. The number of nitrogens with one attached hydrogen (secondary N) is 1. The fraction of sp³-hybridized carbons (Fsp3) is 0.650. The minimum atomic E-state index is 0.0435. The summed E-state index contributed by atoms with van der Waals surface area (Å²) in [6, 6.07) is 0.431.